The summed E-state index contributed by atoms with van der Waals surface area (Å²) in [5.41, 5.74) is 2.57. The fourth-order valence-corrected chi connectivity index (χ4v) is 1.42. The van der Waals surface area contributed by atoms with E-state index in [2.05, 4.69) is 44.2 Å². The molecule has 1 nitrogen and oxygen atoms in total. The van der Waals surface area contributed by atoms with Crippen molar-refractivity contribution in [2.24, 2.45) is 0 Å². The highest BCUT2D eigenvalue weighted by atomic mass is 16.3. The third kappa shape index (κ3) is 4.30. The summed E-state index contributed by atoms with van der Waals surface area (Å²) in [5.74, 6) is 0.565. The molecule has 0 saturated carbocycles. The summed E-state index contributed by atoms with van der Waals surface area (Å²) >= 11 is 0. The molecule has 0 spiro atoms. The van der Waals surface area contributed by atoms with E-state index in [9.17, 15) is 0 Å². The summed E-state index contributed by atoms with van der Waals surface area (Å²) in [7, 11) is 0. The van der Waals surface area contributed by atoms with Crippen LogP contribution in [0.5, 0.6) is 0 Å². The Balaban J connectivity index is 2.69. The van der Waals surface area contributed by atoms with Crippen LogP contribution in [0.25, 0.3) is 6.08 Å². The minimum absolute atomic E-state index is 0.255. The van der Waals surface area contributed by atoms with Crippen molar-refractivity contribution in [3.63, 3.8) is 0 Å². The van der Waals surface area contributed by atoms with Gasteiger partial charge in [0.15, 0.2) is 0 Å². The van der Waals surface area contributed by atoms with Gasteiger partial charge in [0.2, 0.25) is 0 Å². The van der Waals surface area contributed by atoms with Crippen LogP contribution >= 0.6 is 0 Å². The summed E-state index contributed by atoms with van der Waals surface area (Å²) in [5, 5.41) is 9.12. The predicted molar refractivity (Wildman–Crippen MR) is 65.9 cm³/mol. The van der Waals surface area contributed by atoms with E-state index in [1.165, 1.54) is 11.1 Å². The molecule has 0 aliphatic carbocycles. The zero-order valence-corrected chi connectivity index (χ0v) is 9.77. The summed E-state index contributed by atoms with van der Waals surface area (Å²) in [6.45, 7) is 6.19. The SMILES string of the molecule is CC(C)c1cccc(/C=C/C[C@H](C)O)c1. The van der Waals surface area contributed by atoms with Gasteiger partial charge in [-0.3, -0.25) is 0 Å². The standard InChI is InChI=1S/C14H20O/c1-11(2)14-9-5-8-13(10-14)7-4-6-12(3)15/h4-5,7-12,15H,6H2,1-3H3/b7-4+/t12-/m0/s1. The summed E-state index contributed by atoms with van der Waals surface area (Å²) in [6.07, 6.45) is 4.55. The molecule has 0 radical (unpaired) electrons. The van der Waals surface area contributed by atoms with Crippen molar-refractivity contribution in [2.75, 3.05) is 0 Å². The maximum absolute atomic E-state index is 9.12. The summed E-state index contributed by atoms with van der Waals surface area (Å²) < 4.78 is 0. The normalized spacial score (nSPS) is 13.7. The molecule has 1 atom stereocenters. The molecule has 0 bridgehead atoms. The van der Waals surface area contributed by atoms with Gasteiger partial charge in [-0.2, -0.15) is 0 Å². The second-order valence-electron chi connectivity index (χ2n) is 4.31. The van der Waals surface area contributed by atoms with Crippen molar-refractivity contribution in [2.45, 2.75) is 39.2 Å². The van der Waals surface area contributed by atoms with E-state index < -0.39 is 0 Å². The molecule has 0 heterocycles. The zero-order chi connectivity index (χ0) is 11.3. The monoisotopic (exact) mass is 204 g/mol. The molecule has 0 aliphatic heterocycles. The quantitative estimate of drug-likeness (QED) is 0.794. The second-order valence-corrected chi connectivity index (χ2v) is 4.31. The Hall–Kier alpha value is -1.08. The number of benzene rings is 1. The van der Waals surface area contributed by atoms with Crippen LogP contribution < -0.4 is 0 Å². The molecule has 0 saturated heterocycles. The third-order valence-corrected chi connectivity index (χ3v) is 2.36. The van der Waals surface area contributed by atoms with Crippen molar-refractivity contribution in [1.29, 1.82) is 0 Å². The van der Waals surface area contributed by atoms with Crippen molar-refractivity contribution < 1.29 is 5.11 Å². The fraction of sp³-hybridized carbons (Fsp3) is 0.429. The minimum atomic E-state index is -0.255. The van der Waals surface area contributed by atoms with Crippen LogP contribution in [0.4, 0.5) is 0 Å². The molecule has 82 valence electrons. The number of hydrogen-bond acceptors (Lipinski definition) is 1. The Labute approximate surface area is 92.5 Å². The van der Waals surface area contributed by atoms with Crippen molar-refractivity contribution in [3.05, 3.63) is 41.5 Å². The smallest absolute Gasteiger partial charge is 0.0546 e. The molecule has 0 aromatic heterocycles. The molecule has 1 rings (SSSR count). The van der Waals surface area contributed by atoms with Crippen LogP contribution in [0.2, 0.25) is 0 Å². The Morgan fingerprint density at radius 2 is 2.00 bits per heavy atom. The molecule has 15 heavy (non-hydrogen) atoms. The first-order valence-corrected chi connectivity index (χ1v) is 5.54. The number of hydrogen-bond donors (Lipinski definition) is 1. The Morgan fingerprint density at radius 1 is 1.27 bits per heavy atom. The first kappa shape index (κ1) is 12.0. The van der Waals surface area contributed by atoms with Crippen LogP contribution in [0.15, 0.2) is 30.3 Å². The van der Waals surface area contributed by atoms with Gasteiger partial charge < -0.3 is 5.11 Å². The van der Waals surface area contributed by atoms with Crippen LogP contribution in [-0.2, 0) is 0 Å². The van der Waals surface area contributed by atoms with Gasteiger partial charge in [-0.1, -0.05) is 50.3 Å². The van der Waals surface area contributed by atoms with E-state index in [0.29, 0.717) is 12.3 Å². The van der Waals surface area contributed by atoms with E-state index in [-0.39, 0.29) is 6.10 Å². The fourth-order valence-electron chi connectivity index (χ4n) is 1.42. The highest BCUT2D eigenvalue weighted by Gasteiger charge is 1.98. The van der Waals surface area contributed by atoms with Gasteiger partial charge in [0.25, 0.3) is 0 Å². The maximum atomic E-state index is 9.12. The van der Waals surface area contributed by atoms with Gasteiger partial charge in [-0.05, 0) is 30.4 Å². The van der Waals surface area contributed by atoms with E-state index in [1.54, 1.807) is 6.92 Å². The van der Waals surface area contributed by atoms with Crippen molar-refractivity contribution in [3.8, 4) is 0 Å². The minimum Gasteiger partial charge on any atom is -0.393 e. The summed E-state index contributed by atoms with van der Waals surface area (Å²) in [6, 6.07) is 8.52. The van der Waals surface area contributed by atoms with E-state index in [0.717, 1.165) is 0 Å². The maximum Gasteiger partial charge on any atom is 0.0546 e. The molecule has 0 aliphatic rings. The number of aliphatic hydroxyl groups is 1. The highest BCUT2D eigenvalue weighted by molar-refractivity contribution is 5.50. The lowest BCUT2D eigenvalue weighted by Gasteiger charge is -2.05. The lowest BCUT2D eigenvalue weighted by molar-refractivity contribution is 0.199. The molecule has 1 aromatic carbocycles. The van der Waals surface area contributed by atoms with Crippen molar-refractivity contribution >= 4 is 6.08 Å². The molecule has 1 aromatic rings. The van der Waals surface area contributed by atoms with Crippen LogP contribution in [0.1, 0.15) is 44.2 Å². The molecular weight excluding hydrogens is 184 g/mol. The molecule has 0 fully saturated rings. The van der Waals surface area contributed by atoms with Gasteiger partial charge in [0.1, 0.15) is 0 Å². The Kier molecular flexibility index (Phi) is 4.57. The molecule has 1 N–H and O–H groups in total. The third-order valence-electron chi connectivity index (χ3n) is 2.36. The molecule has 0 unspecified atom stereocenters. The average molecular weight is 204 g/mol. The largest absolute Gasteiger partial charge is 0.393 e. The predicted octanol–water partition coefficient (Wildman–Crippen LogP) is 3.59. The van der Waals surface area contributed by atoms with Crippen LogP contribution in [0, 0.1) is 0 Å². The van der Waals surface area contributed by atoms with Gasteiger partial charge >= 0.3 is 0 Å². The topological polar surface area (TPSA) is 20.2 Å². The second kappa shape index (κ2) is 5.72. The average Bonchev–Trinajstić information content (AvgIpc) is 2.17. The summed E-state index contributed by atoms with van der Waals surface area (Å²) in [4.78, 5) is 0. The lowest BCUT2D eigenvalue weighted by Crippen LogP contribution is -1.95. The van der Waals surface area contributed by atoms with E-state index in [4.69, 9.17) is 5.11 Å². The van der Waals surface area contributed by atoms with E-state index >= 15 is 0 Å². The first-order valence-electron chi connectivity index (χ1n) is 5.54. The van der Waals surface area contributed by atoms with E-state index in [1.807, 2.05) is 6.08 Å². The van der Waals surface area contributed by atoms with Crippen LogP contribution in [-0.4, -0.2) is 11.2 Å². The Morgan fingerprint density at radius 3 is 2.60 bits per heavy atom. The lowest BCUT2D eigenvalue weighted by atomic mass is 10.0. The number of rotatable bonds is 4. The van der Waals surface area contributed by atoms with Gasteiger partial charge in [0.05, 0.1) is 6.10 Å². The molecule has 1 heteroatoms. The molecular formula is C14H20O. The van der Waals surface area contributed by atoms with Crippen molar-refractivity contribution in [1.82, 2.24) is 0 Å². The van der Waals surface area contributed by atoms with Gasteiger partial charge in [-0.25, -0.2) is 0 Å². The first-order chi connectivity index (χ1) is 7.09. The molecule has 0 amide bonds. The number of aliphatic hydroxyl groups excluding tert-OH is 1. The zero-order valence-electron chi connectivity index (χ0n) is 9.77. The van der Waals surface area contributed by atoms with Crippen LogP contribution in [0.3, 0.4) is 0 Å². The van der Waals surface area contributed by atoms with Gasteiger partial charge in [0, 0.05) is 0 Å². The van der Waals surface area contributed by atoms with Gasteiger partial charge in [-0.15, -0.1) is 0 Å². The highest BCUT2D eigenvalue weighted by Crippen LogP contribution is 2.16. The Bertz CT molecular complexity index is 324.